The molecule has 0 aliphatic rings. The van der Waals surface area contributed by atoms with Crippen molar-refractivity contribution in [3.05, 3.63) is 0 Å². The van der Waals surface area contributed by atoms with Crippen molar-refractivity contribution in [1.29, 1.82) is 0 Å². The summed E-state index contributed by atoms with van der Waals surface area (Å²) in [5.41, 5.74) is 0. The number of hydrogen-bond donors (Lipinski definition) is 3. The minimum Gasteiger partial charge on any atom is -0.330 e. The van der Waals surface area contributed by atoms with Crippen molar-refractivity contribution in [1.82, 2.24) is 5.32 Å². The van der Waals surface area contributed by atoms with Gasteiger partial charge in [-0.2, -0.15) is 0 Å². The minimum absolute atomic E-state index is 0.375. The summed E-state index contributed by atoms with van der Waals surface area (Å²) in [7, 11) is -4.53. The lowest BCUT2D eigenvalue weighted by atomic mass is 10.2. The van der Waals surface area contributed by atoms with Gasteiger partial charge in [-0.1, -0.05) is 13.3 Å². The molecule has 0 saturated heterocycles. The zero-order valence-corrected chi connectivity index (χ0v) is 9.16. The van der Waals surface area contributed by atoms with E-state index < -0.39 is 14.1 Å². The van der Waals surface area contributed by atoms with Crippen molar-refractivity contribution in [2.24, 2.45) is 0 Å². The number of unbranched alkanes of at least 4 members (excludes halogenated alkanes) is 1. The lowest BCUT2D eigenvalue weighted by Gasteiger charge is -2.18. The molecule has 0 heterocycles. The molecule has 0 bridgehead atoms. The standard InChI is InChI=1S/C7H16NO5P/c1-3-4-5-7(8-6(2)9)13-14(10,11)12/h7H,3-5H2,1-2H3,(H,8,9)(H2,10,11,12). The Balaban J connectivity index is 4.10. The molecule has 6 nitrogen and oxygen atoms in total. The number of phosphoric ester groups is 1. The van der Waals surface area contributed by atoms with Gasteiger partial charge in [0.05, 0.1) is 0 Å². The Morgan fingerprint density at radius 1 is 1.57 bits per heavy atom. The highest BCUT2D eigenvalue weighted by molar-refractivity contribution is 7.46. The van der Waals surface area contributed by atoms with E-state index in [1.807, 2.05) is 6.92 Å². The van der Waals surface area contributed by atoms with E-state index >= 15 is 0 Å². The lowest BCUT2D eigenvalue weighted by molar-refractivity contribution is -0.121. The highest BCUT2D eigenvalue weighted by atomic mass is 31.2. The maximum Gasteiger partial charge on any atom is 0.471 e. The zero-order valence-electron chi connectivity index (χ0n) is 8.27. The zero-order chi connectivity index (χ0) is 11.2. The fraction of sp³-hybridized carbons (Fsp3) is 0.857. The molecular weight excluding hydrogens is 209 g/mol. The Morgan fingerprint density at radius 2 is 2.14 bits per heavy atom. The van der Waals surface area contributed by atoms with Crippen LogP contribution >= 0.6 is 7.82 Å². The van der Waals surface area contributed by atoms with Crippen molar-refractivity contribution in [2.75, 3.05) is 0 Å². The molecule has 0 saturated carbocycles. The molecule has 0 aromatic carbocycles. The van der Waals surface area contributed by atoms with Gasteiger partial charge in [-0.15, -0.1) is 0 Å². The van der Waals surface area contributed by atoms with E-state index in [1.54, 1.807) is 0 Å². The van der Waals surface area contributed by atoms with Crippen LogP contribution in [0.1, 0.15) is 33.1 Å². The molecule has 1 unspecified atom stereocenters. The third kappa shape index (κ3) is 8.19. The molecule has 0 aromatic heterocycles. The van der Waals surface area contributed by atoms with Gasteiger partial charge >= 0.3 is 7.82 Å². The third-order valence-corrected chi connectivity index (χ3v) is 1.98. The summed E-state index contributed by atoms with van der Waals surface area (Å²) < 4.78 is 14.9. The molecule has 1 amide bonds. The van der Waals surface area contributed by atoms with Crippen LogP contribution in [0.5, 0.6) is 0 Å². The van der Waals surface area contributed by atoms with Crippen molar-refractivity contribution in [3.63, 3.8) is 0 Å². The minimum atomic E-state index is -4.53. The van der Waals surface area contributed by atoms with E-state index in [0.29, 0.717) is 6.42 Å². The van der Waals surface area contributed by atoms with Crippen molar-refractivity contribution < 1.29 is 23.7 Å². The predicted molar refractivity (Wildman–Crippen MR) is 50.3 cm³/mol. The van der Waals surface area contributed by atoms with Crippen LogP contribution in [0.2, 0.25) is 0 Å². The third-order valence-electron chi connectivity index (χ3n) is 1.45. The number of amides is 1. The number of rotatable bonds is 6. The molecule has 0 aliphatic carbocycles. The molecule has 0 aromatic rings. The summed E-state index contributed by atoms with van der Waals surface area (Å²) in [6.07, 6.45) is 1.07. The molecule has 3 N–H and O–H groups in total. The molecule has 0 fully saturated rings. The second-order valence-corrected chi connectivity index (χ2v) is 4.12. The van der Waals surface area contributed by atoms with Crippen molar-refractivity contribution >= 4 is 13.7 Å². The van der Waals surface area contributed by atoms with E-state index in [0.717, 1.165) is 12.8 Å². The second-order valence-electron chi connectivity index (χ2n) is 2.93. The lowest BCUT2D eigenvalue weighted by Crippen LogP contribution is -2.34. The molecule has 0 spiro atoms. The number of carbonyl (C=O) groups is 1. The molecule has 14 heavy (non-hydrogen) atoms. The first-order valence-corrected chi connectivity index (χ1v) is 5.89. The van der Waals surface area contributed by atoms with Crippen LogP contribution in [0.3, 0.4) is 0 Å². The maximum absolute atomic E-state index is 10.7. The number of phosphoric acid groups is 1. The van der Waals surface area contributed by atoms with Gasteiger partial charge in [0.1, 0.15) is 6.23 Å². The van der Waals surface area contributed by atoms with Gasteiger partial charge < -0.3 is 15.1 Å². The van der Waals surface area contributed by atoms with Crippen LogP contribution in [0.15, 0.2) is 0 Å². The van der Waals surface area contributed by atoms with Gasteiger partial charge in [-0.25, -0.2) is 4.57 Å². The van der Waals surface area contributed by atoms with E-state index in [2.05, 4.69) is 9.84 Å². The van der Waals surface area contributed by atoms with Crippen LogP contribution in [0.4, 0.5) is 0 Å². The molecule has 7 heteroatoms. The average Bonchev–Trinajstić information content (AvgIpc) is 1.96. The Labute approximate surface area is 82.9 Å². The van der Waals surface area contributed by atoms with Gasteiger partial charge in [0.15, 0.2) is 0 Å². The van der Waals surface area contributed by atoms with Gasteiger partial charge in [-0.3, -0.25) is 9.32 Å². The summed E-state index contributed by atoms with van der Waals surface area (Å²) in [4.78, 5) is 27.7. The fourth-order valence-corrected chi connectivity index (χ4v) is 1.42. The number of nitrogens with one attached hydrogen (secondary N) is 1. The van der Waals surface area contributed by atoms with Crippen molar-refractivity contribution in [2.45, 2.75) is 39.3 Å². The second kappa shape index (κ2) is 6.14. The highest BCUT2D eigenvalue weighted by Gasteiger charge is 2.22. The van der Waals surface area contributed by atoms with E-state index in [4.69, 9.17) is 9.79 Å². The Morgan fingerprint density at radius 3 is 2.50 bits per heavy atom. The van der Waals surface area contributed by atoms with Gasteiger partial charge in [0.2, 0.25) is 5.91 Å². The summed E-state index contributed by atoms with van der Waals surface area (Å²) in [6, 6.07) is 0. The predicted octanol–water partition coefficient (Wildman–Crippen LogP) is 0.748. The molecule has 0 radical (unpaired) electrons. The molecule has 0 aliphatic heterocycles. The molecule has 84 valence electrons. The highest BCUT2D eigenvalue weighted by Crippen LogP contribution is 2.37. The smallest absolute Gasteiger partial charge is 0.330 e. The van der Waals surface area contributed by atoms with Gasteiger partial charge in [-0.05, 0) is 12.8 Å². The Bertz CT molecular complexity index is 226. The monoisotopic (exact) mass is 225 g/mol. The average molecular weight is 225 g/mol. The topological polar surface area (TPSA) is 95.9 Å². The first kappa shape index (κ1) is 13.6. The van der Waals surface area contributed by atoms with Crippen LogP contribution in [-0.4, -0.2) is 21.9 Å². The number of carbonyl (C=O) groups excluding carboxylic acids is 1. The Kier molecular flexibility index (Phi) is 5.95. The van der Waals surface area contributed by atoms with Crippen LogP contribution in [0, 0.1) is 0 Å². The van der Waals surface area contributed by atoms with E-state index in [-0.39, 0.29) is 5.91 Å². The summed E-state index contributed by atoms with van der Waals surface area (Å²) in [5, 5.41) is 2.32. The summed E-state index contributed by atoms with van der Waals surface area (Å²) in [6.45, 7) is 3.20. The quantitative estimate of drug-likeness (QED) is 0.458. The van der Waals surface area contributed by atoms with Gasteiger partial charge in [0.25, 0.3) is 0 Å². The first-order valence-electron chi connectivity index (χ1n) is 4.36. The maximum atomic E-state index is 10.7. The summed E-state index contributed by atoms with van der Waals surface area (Å²) >= 11 is 0. The largest absolute Gasteiger partial charge is 0.471 e. The van der Waals surface area contributed by atoms with Crippen LogP contribution in [0.25, 0.3) is 0 Å². The molecule has 1 atom stereocenters. The normalized spacial score (nSPS) is 13.7. The van der Waals surface area contributed by atoms with Crippen LogP contribution < -0.4 is 5.32 Å². The fourth-order valence-electron chi connectivity index (χ4n) is 0.933. The summed E-state index contributed by atoms with van der Waals surface area (Å²) in [5.74, 6) is -0.375. The van der Waals surface area contributed by atoms with E-state index in [9.17, 15) is 9.36 Å². The van der Waals surface area contributed by atoms with Crippen molar-refractivity contribution in [3.8, 4) is 0 Å². The van der Waals surface area contributed by atoms with E-state index in [1.165, 1.54) is 6.92 Å². The molecular formula is C7H16NO5P. The number of hydrogen-bond acceptors (Lipinski definition) is 3. The SMILES string of the molecule is CCCCC(NC(C)=O)OP(=O)(O)O. The molecule has 0 rings (SSSR count). The van der Waals surface area contributed by atoms with Gasteiger partial charge in [0, 0.05) is 6.92 Å². The van der Waals surface area contributed by atoms with Crippen LogP contribution in [-0.2, 0) is 13.9 Å². The first-order chi connectivity index (χ1) is 6.35. The Hall–Kier alpha value is -0.420.